The summed E-state index contributed by atoms with van der Waals surface area (Å²) in [5.41, 5.74) is 1.18. The van der Waals surface area contributed by atoms with E-state index in [-0.39, 0.29) is 0 Å². The summed E-state index contributed by atoms with van der Waals surface area (Å²) in [4.78, 5) is 4.81. The van der Waals surface area contributed by atoms with Crippen molar-refractivity contribution in [3.05, 3.63) is 60.2 Å². The first kappa shape index (κ1) is 22.4. The Morgan fingerprint density at radius 1 is 0.938 bits per heavy atom. The standard InChI is InChI=1S/C24H26F3N3O2/c1-29-12-14-30(15-13-29)11-2-16-31-21-9-5-19(6-10-21)23-17-22(28-32-23)18-3-7-20(8-4-18)24(25,26)27/h3-10,17H,2,11-16H2,1H3. The quantitative estimate of drug-likeness (QED) is 0.477. The van der Waals surface area contributed by atoms with Gasteiger partial charge in [0.05, 0.1) is 12.2 Å². The molecule has 8 heteroatoms. The molecule has 0 spiro atoms. The summed E-state index contributed by atoms with van der Waals surface area (Å²) in [6, 6.07) is 14.1. The molecular weight excluding hydrogens is 419 g/mol. The molecule has 1 fully saturated rings. The first-order chi connectivity index (χ1) is 15.4. The van der Waals surface area contributed by atoms with Crippen molar-refractivity contribution in [1.82, 2.24) is 15.0 Å². The fourth-order valence-corrected chi connectivity index (χ4v) is 3.64. The molecule has 3 aromatic rings. The number of rotatable bonds is 7. The zero-order valence-corrected chi connectivity index (χ0v) is 17.9. The predicted octanol–water partition coefficient (Wildman–Crippen LogP) is 5.04. The topological polar surface area (TPSA) is 41.7 Å². The Morgan fingerprint density at radius 3 is 2.25 bits per heavy atom. The highest BCUT2D eigenvalue weighted by Gasteiger charge is 2.30. The Balaban J connectivity index is 1.29. The van der Waals surface area contributed by atoms with Gasteiger partial charge in [-0.1, -0.05) is 17.3 Å². The summed E-state index contributed by atoms with van der Waals surface area (Å²) in [6.45, 7) is 6.14. The molecule has 0 bridgehead atoms. The van der Waals surface area contributed by atoms with Crippen LogP contribution in [0.15, 0.2) is 59.1 Å². The summed E-state index contributed by atoms with van der Waals surface area (Å²) in [5.74, 6) is 1.33. The van der Waals surface area contributed by atoms with Gasteiger partial charge in [-0.25, -0.2) is 0 Å². The van der Waals surface area contributed by atoms with Crippen molar-refractivity contribution in [1.29, 1.82) is 0 Å². The Morgan fingerprint density at radius 2 is 1.59 bits per heavy atom. The van der Waals surface area contributed by atoms with E-state index in [9.17, 15) is 13.2 Å². The number of nitrogens with zero attached hydrogens (tertiary/aromatic N) is 3. The highest BCUT2D eigenvalue weighted by Crippen LogP contribution is 2.32. The zero-order chi connectivity index (χ0) is 22.6. The van der Waals surface area contributed by atoms with E-state index in [0.29, 0.717) is 23.6 Å². The summed E-state index contributed by atoms with van der Waals surface area (Å²) < 4.78 is 49.4. The predicted molar refractivity (Wildman–Crippen MR) is 116 cm³/mol. The van der Waals surface area contributed by atoms with Crippen LogP contribution < -0.4 is 4.74 Å². The van der Waals surface area contributed by atoms with E-state index in [1.807, 2.05) is 24.3 Å². The number of benzene rings is 2. The van der Waals surface area contributed by atoms with Gasteiger partial charge in [0.15, 0.2) is 5.76 Å². The van der Waals surface area contributed by atoms with Gasteiger partial charge in [0.2, 0.25) is 0 Å². The summed E-state index contributed by atoms with van der Waals surface area (Å²) in [7, 11) is 2.15. The Kier molecular flexibility index (Phi) is 6.81. The van der Waals surface area contributed by atoms with Crippen LogP contribution in [0.4, 0.5) is 13.2 Å². The lowest BCUT2D eigenvalue weighted by Crippen LogP contribution is -2.44. The minimum Gasteiger partial charge on any atom is -0.494 e. The summed E-state index contributed by atoms with van der Waals surface area (Å²) in [5, 5.41) is 3.99. The largest absolute Gasteiger partial charge is 0.494 e. The lowest BCUT2D eigenvalue weighted by molar-refractivity contribution is -0.137. The van der Waals surface area contributed by atoms with Crippen molar-refractivity contribution in [2.24, 2.45) is 0 Å². The molecule has 2 aromatic carbocycles. The molecule has 0 unspecified atom stereocenters. The van der Waals surface area contributed by atoms with Gasteiger partial charge in [-0.15, -0.1) is 0 Å². The molecule has 1 saturated heterocycles. The van der Waals surface area contributed by atoms with Gasteiger partial charge >= 0.3 is 6.18 Å². The van der Waals surface area contributed by atoms with Gasteiger partial charge in [-0.05, 0) is 49.9 Å². The Hall–Kier alpha value is -2.84. The monoisotopic (exact) mass is 445 g/mol. The average molecular weight is 445 g/mol. The molecule has 1 aliphatic heterocycles. The molecule has 0 amide bonds. The van der Waals surface area contributed by atoms with Gasteiger partial charge in [0.1, 0.15) is 11.4 Å². The molecule has 0 N–H and O–H groups in total. The lowest BCUT2D eigenvalue weighted by atomic mass is 10.1. The molecule has 32 heavy (non-hydrogen) atoms. The van der Waals surface area contributed by atoms with E-state index in [0.717, 1.165) is 62.6 Å². The van der Waals surface area contributed by atoms with E-state index in [1.54, 1.807) is 6.07 Å². The first-order valence-electron chi connectivity index (χ1n) is 10.7. The molecule has 1 aliphatic rings. The molecule has 4 rings (SSSR count). The maximum Gasteiger partial charge on any atom is 0.416 e. The van der Waals surface area contributed by atoms with Crippen molar-refractivity contribution in [3.63, 3.8) is 0 Å². The van der Waals surface area contributed by atoms with Gasteiger partial charge in [-0.3, -0.25) is 0 Å². The number of likely N-dealkylation sites (N-methyl/N-ethyl adjacent to an activating group) is 1. The second-order valence-electron chi connectivity index (χ2n) is 8.02. The summed E-state index contributed by atoms with van der Waals surface area (Å²) in [6.07, 6.45) is -3.38. The maximum absolute atomic E-state index is 12.7. The SMILES string of the molecule is CN1CCN(CCCOc2ccc(-c3cc(-c4ccc(C(F)(F)F)cc4)no3)cc2)CC1. The molecule has 0 aliphatic carbocycles. The number of ether oxygens (including phenoxy) is 1. The third-order valence-corrected chi connectivity index (χ3v) is 5.64. The van der Waals surface area contributed by atoms with E-state index in [2.05, 4.69) is 22.0 Å². The average Bonchev–Trinajstić information content (AvgIpc) is 3.28. The van der Waals surface area contributed by atoms with Crippen LogP contribution in [0.2, 0.25) is 0 Å². The van der Waals surface area contributed by atoms with Gasteiger partial charge < -0.3 is 19.1 Å². The lowest BCUT2D eigenvalue weighted by Gasteiger charge is -2.32. The van der Waals surface area contributed by atoms with Crippen molar-refractivity contribution < 1.29 is 22.4 Å². The highest BCUT2D eigenvalue weighted by atomic mass is 19.4. The number of aromatic nitrogens is 1. The third kappa shape index (κ3) is 5.69. The molecule has 1 aromatic heterocycles. The van der Waals surface area contributed by atoms with Crippen LogP contribution in [0.3, 0.4) is 0 Å². The molecule has 2 heterocycles. The van der Waals surface area contributed by atoms with E-state index >= 15 is 0 Å². The van der Waals surface area contributed by atoms with Crippen LogP contribution >= 0.6 is 0 Å². The number of alkyl halides is 3. The van der Waals surface area contributed by atoms with Crippen LogP contribution in [0.5, 0.6) is 5.75 Å². The Bertz CT molecular complexity index is 993. The van der Waals surface area contributed by atoms with Gasteiger partial charge in [0.25, 0.3) is 0 Å². The van der Waals surface area contributed by atoms with Crippen molar-refractivity contribution >= 4 is 0 Å². The minimum absolute atomic E-state index is 0.484. The van der Waals surface area contributed by atoms with Crippen LogP contribution in [0, 0.1) is 0 Å². The zero-order valence-electron chi connectivity index (χ0n) is 17.9. The molecule has 0 radical (unpaired) electrons. The van der Waals surface area contributed by atoms with Crippen molar-refractivity contribution in [3.8, 4) is 28.3 Å². The first-order valence-corrected chi connectivity index (χ1v) is 10.7. The molecule has 0 atom stereocenters. The molecule has 5 nitrogen and oxygen atoms in total. The highest BCUT2D eigenvalue weighted by molar-refractivity contribution is 5.67. The number of hydrogen-bond donors (Lipinski definition) is 0. The number of piperazine rings is 1. The van der Waals surface area contributed by atoms with Gasteiger partial charge in [0, 0.05) is 49.9 Å². The van der Waals surface area contributed by atoms with E-state index in [1.165, 1.54) is 12.1 Å². The fraction of sp³-hybridized carbons (Fsp3) is 0.375. The Labute approximate surface area is 185 Å². The smallest absolute Gasteiger partial charge is 0.416 e. The second kappa shape index (κ2) is 9.75. The molecular formula is C24H26F3N3O2. The molecule has 0 saturated carbocycles. The second-order valence-corrected chi connectivity index (χ2v) is 8.02. The van der Waals surface area contributed by atoms with E-state index in [4.69, 9.17) is 9.26 Å². The van der Waals surface area contributed by atoms with Crippen molar-refractivity contribution in [2.45, 2.75) is 12.6 Å². The maximum atomic E-state index is 12.7. The molecule has 170 valence electrons. The minimum atomic E-state index is -4.36. The third-order valence-electron chi connectivity index (χ3n) is 5.64. The van der Waals surface area contributed by atoms with Crippen LogP contribution in [0.25, 0.3) is 22.6 Å². The number of hydrogen-bond acceptors (Lipinski definition) is 5. The van der Waals surface area contributed by atoms with Crippen LogP contribution in [-0.2, 0) is 6.18 Å². The van der Waals surface area contributed by atoms with Crippen LogP contribution in [0.1, 0.15) is 12.0 Å². The van der Waals surface area contributed by atoms with Gasteiger partial charge in [-0.2, -0.15) is 13.2 Å². The van der Waals surface area contributed by atoms with Crippen LogP contribution in [-0.4, -0.2) is 61.3 Å². The van der Waals surface area contributed by atoms with E-state index < -0.39 is 11.7 Å². The normalized spacial score (nSPS) is 15.8. The number of halogens is 3. The summed E-state index contributed by atoms with van der Waals surface area (Å²) >= 11 is 0. The van der Waals surface area contributed by atoms with Crippen molar-refractivity contribution in [2.75, 3.05) is 46.4 Å². The fourth-order valence-electron chi connectivity index (χ4n) is 3.64.